The van der Waals surface area contributed by atoms with E-state index >= 15 is 0 Å². The Morgan fingerprint density at radius 3 is 2.33 bits per heavy atom. The molecule has 1 N–H and O–H groups in total. The molecule has 0 radical (unpaired) electrons. The molecule has 1 unspecified atom stereocenters. The Morgan fingerprint density at radius 1 is 0.909 bits per heavy atom. The molecule has 3 saturated heterocycles. The predicted octanol–water partition coefficient (Wildman–Crippen LogP) is 4.32. The highest BCUT2D eigenvalue weighted by Crippen LogP contribution is 2.30. The van der Waals surface area contributed by atoms with Crippen LogP contribution in [0.1, 0.15) is 36.3 Å². The Hall–Kier alpha value is -2.57. The first-order valence-electron chi connectivity index (χ1n) is 12.5. The number of likely N-dealkylation sites (tertiary alicyclic amines) is 1. The predicted molar refractivity (Wildman–Crippen MR) is 133 cm³/mol. The molecule has 2 aromatic carbocycles. The fourth-order valence-electron chi connectivity index (χ4n) is 5.44. The van der Waals surface area contributed by atoms with Gasteiger partial charge in [0.15, 0.2) is 0 Å². The van der Waals surface area contributed by atoms with E-state index in [0.717, 1.165) is 83.1 Å². The van der Waals surface area contributed by atoms with Crippen molar-refractivity contribution in [3.05, 3.63) is 59.7 Å². The minimum absolute atomic E-state index is 0.0200. The van der Waals surface area contributed by atoms with Crippen molar-refractivity contribution in [2.24, 2.45) is 0 Å². The summed E-state index contributed by atoms with van der Waals surface area (Å²) in [7, 11) is 0. The van der Waals surface area contributed by atoms with Crippen molar-refractivity contribution >= 4 is 17.4 Å². The Bertz CT molecular complexity index is 925. The molecule has 3 aliphatic heterocycles. The number of ether oxygens (including phenoxy) is 1. The number of aryl methyl sites for hydroxylation is 1. The summed E-state index contributed by atoms with van der Waals surface area (Å²) in [6, 6.07) is 17.7. The Balaban J connectivity index is 1.16. The summed E-state index contributed by atoms with van der Waals surface area (Å²) in [4.78, 5) is 20.0. The van der Waals surface area contributed by atoms with Crippen LogP contribution >= 0.6 is 0 Å². The van der Waals surface area contributed by atoms with Crippen LogP contribution in [0.4, 0.5) is 16.2 Å². The van der Waals surface area contributed by atoms with Gasteiger partial charge in [0.25, 0.3) is 0 Å². The summed E-state index contributed by atoms with van der Waals surface area (Å²) in [5.74, 6) is 0.545. The van der Waals surface area contributed by atoms with Crippen molar-refractivity contribution in [3.8, 4) is 0 Å². The van der Waals surface area contributed by atoms with E-state index < -0.39 is 0 Å². The number of nitrogens with one attached hydrogen (secondary N) is 1. The van der Waals surface area contributed by atoms with Crippen molar-refractivity contribution in [2.75, 3.05) is 62.7 Å². The number of amides is 2. The van der Waals surface area contributed by atoms with Crippen LogP contribution in [0, 0.1) is 6.92 Å². The minimum Gasteiger partial charge on any atom is -0.380 e. The average Bonchev–Trinajstić information content (AvgIpc) is 3.40. The number of piperidine rings is 1. The van der Waals surface area contributed by atoms with E-state index in [2.05, 4.69) is 58.4 Å². The summed E-state index contributed by atoms with van der Waals surface area (Å²) in [5.41, 5.74) is 4.74. The molecule has 3 heterocycles. The third kappa shape index (κ3) is 5.17. The molecule has 0 aromatic heterocycles. The maximum absolute atomic E-state index is 13.1. The second-order valence-corrected chi connectivity index (χ2v) is 9.66. The second kappa shape index (κ2) is 10.1. The number of benzene rings is 2. The number of nitrogens with zero attached hydrogens (tertiary/aromatic N) is 3. The third-order valence-electron chi connectivity index (χ3n) is 7.55. The van der Waals surface area contributed by atoms with Crippen LogP contribution in [-0.4, -0.2) is 74.4 Å². The molecule has 176 valence electrons. The number of para-hydroxylation sites is 2. The summed E-state index contributed by atoms with van der Waals surface area (Å²) >= 11 is 0. The average molecular weight is 449 g/mol. The van der Waals surface area contributed by atoms with Gasteiger partial charge in [0.1, 0.15) is 0 Å². The Kier molecular flexibility index (Phi) is 6.83. The normalized spacial score (nSPS) is 22.5. The van der Waals surface area contributed by atoms with E-state index in [4.69, 9.17) is 4.74 Å². The van der Waals surface area contributed by atoms with Crippen LogP contribution in [-0.2, 0) is 4.74 Å². The third-order valence-corrected chi connectivity index (χ3v) is 7.55. The van der Waals surface area contributed by atoms with E-state index in [-0.39, 0.29) is 6.03 Å². The first-order valence-corrected chi connectivity index (χ1v) is 12.5. The van der Waals surface area contributed by atoms with E-state index in [0.29, 0.717) is 12.0 Å². The smallest absolute Gasteiger partial charge is 0.321 e. The molecular weight excluding hydrogens is 412 g/mol. The molecule has 3 fully saturated rings. The van der Waals surface area contributed by atoms with Crippen molar-refractivity contribution in [2.45, 2.75) is 38.1 Å². The van der Waals surface area contributed by atoms with Crippen LogP contribution in [0.2, 0.25) is 0 Å². The summed E-state index contributed by atoms with van der Waals surface area (Å²) in [5, 5.41) is 3.22. The lowest BCUT2D eigenvalue weighted by Crippen LogP contribution is -2.50. The fourth-order valence-corrected chi connectivity index (χ4v) is 5.44. The van der Waals surface area contributed by atoms with Crippen LogP contribution in [0.5, 0.6) is 0 Å². The zero-order chi connectivity index (χ0) is 22.6. The van der Waals surface area contributed by atoms with E-state index in [1.165, 1.54) is 11.1 Å². The molecule has 0 aliphatic carbocycles. The van der Waals surface area contributed by atoms with Crippen molar-refractivity contribution in [1.82, 2.24) is 9.80 Å². The molecule has 33 heavy (non-hydrogen) atoms. The standard InChI is InChI=1S/C27H36N4O2/c1-21-6-8-22(9-7-21)23-10-13-31(14-11-23)27(32)28-25-4-2-3-5-26(25)30-17-15-29(16-18-30)24-12-19-33-20-24/h2-9,23-24H,10-20H2,1H3,(H,28,32). The first kappa shape index (κ1) is 22.2. The molecule has 0 spiro atoms. The molecule has 5 rings (SSSR count). The van der Waals surface area contributed by atoms with Gasteiger partial charge in [-0.3, -0.25) is 4.90 Å². The number of hydrogen-bond donors (Lipinski definition) is 1. The number of rotatable bonds is 4. The number of carbonyl (C=O) groups excluding carboxylic acids is 1. The molecule has 6 nitrogen and oxygen atoms in total. The highest BCUT2D eigenvalue weighted by Gasteiger charge is 2.28. The fraction of sp³-hybridized carbons (Fsp3) is 0.519. The minimum atomic E-state index is 0.0200. The van der Waals surface area contributed by atoms with Gasteiger partial charge in [-0.05, 0) is 49.8 Å². The summed E-state index contributed by atoms with van der Waals surface area (Å²) in [6.45, 7) is 9.53. The zero-order valence-electron chi connectivity index (χ0n) is 19.7. The molecule has 2 amide bonds. The molecule has 6 heteroatoms. The number of carbonyl (C=O) groups is 1. The monoisotopic (exact) mass is 448 g/mol. The van der Waals surface area contributed by atoms with Gasteiger partial charge in [-0.1, -0.05) is 42.0 Å². The van der Waals surface area contributed by atoms with Gasteiger partial charge >= 0.3 is 6.03 Å². The molecule has 0 bridgehead atoms. The highest BCUT2D eigenvalue weighted by molar-refractivity contribution is 5.93. The van der Waals surface area contributed by atoms with Gasteiger partial charge in [-0.25, -0.2) is 4.79 Å². The van der Waals surface area contributed by atoms with Crippen LogP contribution in [0.15, 0.2) is 48.5 Å². The molecule has 3 aliphatic rings. The van der Waals surface area contributed by atoms with Crippen molar-refractivity contribution in [1.29, 1.82) is 0 Å². The van der Waals surface area contributed by atoms with Crippen LogP contribution in [0.25, 0.3) is 0 Å². The van der Waals surface area contributed by atoms with Gasteiger partial charge in [0.05, 0.1) is 18.0 Å². The largest absolute Gasteiger partial charge is 0.380 e. The van der Waals surface area contributed by atoms with Crippen molar-refractivity contribution in [3.63, 3.8) is 0 Å². The first-order chi connectivity index (χ1) is 16.2. The van der Waals surface area contributed by atoms with Gasteiger partial charge in [-0.15, -0.1) is 0 Å². The number of piperazine rings is 1. The molecule has 1 atom stereocenters. The lowest BCUT2D eigenvalue weighted by Gasteiger charge is -2.39. The Morgan fingerprint density at radius 2 is 1.64 bits per heavy atom. The van der Waals surface area contributed by atoms with E-state index in [1.807, 2.05) is 17.0 Å². The molecule has 0 saturated carbocycles. The van der Waals surface area contributed by atoms with Crippen LogP contribution < -0.4 is 10.2 Å². The topological polar surface area (TPSA) is 48.1 Å². The number of anilines is 2. The second-order valence-electron chi connectivity index (χ2n) is 9.66. The van der Waals surface area contributed by atoms with Gasteiger partial charge in [0.2, 0.25) is 0 Å². The Labute approximate surface area is 197 Å². The number of hydrogen-bond acceptors (Lipinski definition) is 4. The maximum Gasteiger partial charge on any atom is 0.321 e. The van der Waals surface area contributed by atoms with Gasteiger partial charge in [-0.2, -0.15) is 0 Å². The van der Waals surface area contributed by atoms with Gasteiger partial charge in [0, 0.05) is 51.9 Å². The van der Waals surface area contributed by atoms with Crippen molar-refractivity contribution < 1.29 is 9.53 Å². The molecular formula is C27H36N4O2. The maximum atomic E-state index is 13.1. The highest BCUT2D eigenvalue weighted by atomic mass is 16.5. The lowest BCUT2D eigenvalue weighted by atomic mass is 9.89. The molecule has 2 aromatic rings. The SMILES string of the molecule is Cc1ccc(C2CCN(C(=O)Nc3ccccc3N3CCN(C4CCOC4)CC3)CC2)cc1. The van der Waals surface area contributed by atoms with Gasteiger partial charge < -0.3 is 19.9 Å². The number of urea groups is 1. The summed E-state index contributed by atoms with van der Waals surface area (Å²) in [6.07, 6.45) is 3.18. The quantitative estimate of drug-likeness (QED) is 0.757. The lowest BCUT2D eigenvalue weighted by molar-refractivity contribution is 0.139. The van der Waals surface area contributed by atoms with E-state index in [9.17, 15) is 4.79 Å². The summed E-state index contributed by atoms with van der Waals surface area (Å²) < 4.78 is 5.57. The van der Waals surface area contributed by atoms with E-state index in [1.54, 1.807) is 0 Å². The van der Waals surface area contributed by atoms with Crippen LogP contribution in [0.3, 0.4) is 0 Å². The zero-order valence-corrected chi connectivity index (χ0v) is 19.7.